The van der Waals surface area contributed by atoms with Crippen molar-refractivity contribution in [2.24, 2.45) is 5.92 Å². The molecule has 0 aromatic carbocycles. The second kappa shape index (κ2) is 10.1. The first-order valence-electron chi connectivity index (χ1n) is 11.6. The third-order valence-corrected chi connectivity index (χ3v) is 5.32. The third kappa shape index (κ3) is 6.92. The lowest BCUT2D eigenvalue weighted by Gasteiger charge is -2.26. The summed E-state index contributed by atoms with van der Waals surface area (Å²) in [6.07, 6.45) is -2.03. The van der Waals surface area contributed by atoms with E-state index in [2.05, 4.69) is 10.3 Å². The Morgan fingerprint density at radius 1 is 1.20 bits per heavy atom. The Balaban J connectivity index is 1.71. The Morgan fingerprint density at radius 2 is 1.86 bits per heavy atom. The molecular formula is C23H35N3O9. The molecule has 0 saturated carbocycles. The Labute approximate surface area is 203 Å². The minimum absolute atomic E-state index is 0.0958. The Morgan fingerprint density at radius 3 is 2.46 bits per heavy atom. The molecule has 3 heterocycles. The van der Waals surface area contributed by atoms with Crippen molar-refractivity contribution in [3.63, 3.8) is 0 Å². The molecule has 12 heteroatoms. The fourth-order valence-corrected chi connectivity index (χ4v) is 4.05. The van der Waals surface area contributed by atoms with Crippen molar-refractivity contribution < 1.29 is 33.3 Å². The zero-order valence-electron chi connectivity index (χ0n) is 21.2. The number of H-pyrrole nitrogens is 1. The maximum atomic E-state index is 12.9. The highest BCUT2D eigenvalue weighted by Gasteiger charge is 2.56. The molecule has 2 aliphatic rings. The number of carbonyl (C=O) groups is 2. The fraction of sp³-hybridized carbons (Fsp3) is 0.739. The fourth-order valence-electron chi connectivity index (χ4n) is 4.05. The predicted octanol–water partition coefficient (Wildman–Crippen LogP) is 1.44. The number of fused-ring (bicyclic) bond motifs is 1. The average Bonchev–Trinajstić information content (AvgIpc) is 3.17. The number of aromatic nitrogens is 2. The smallest absolute Gasteiger partial charge is 0.408 e. The quantitative estimate of drug-likeness (QED) is 0.534. The summed E-state index contributed by atoms with van der Waals surface area (Å²) >= 11 is 0. The van der Waals surface area contributed by atoms with Gasteiger partial charge in [-0.05, 0) is 47.0 Å². The molecule has 0 radical (unpaired) electrons. The zero-order valence-corrected chi connectivity index (χ0v) is 21.2. The first kappa shape index (κ1) is 26.9. The molecule has 3 rings (SSSR count). The van der Waals surface area contributed by atoms with Crippen LogP contribution in [0.2, 0.25) is 0 Å². The van der Waals surface area contributed by atoms with E-state index in [4.69, 9.17) is 23.7 Å². The van der Waals surface area contributed by atoms with E-state index in [1.165, 1.54) is 16.8 Å². The Hall–Kier alpha value is -2.70. The Kier molecular flexibility index (Phi) is 7.77. The van der Waals surface area contributed by atoms with Crippen LogP contribution in [0, 0.1) is 5.92 Å². The lowest BCUT2D eigenvalue weighted by molar-refractivity contribution is -0.203. The molecule has 0 aliphatic carbocycles. The number of nitrogens with zero attached hydrogens (tertiary/aromatic N) is 1. The van der Waals surface area contributed by atoms with Gasteiger partial charge in [-0.3, -0.25) is 14.3 Å². The molecule has 1 amide bonds. The number of esters is 1. The summed E-state index contributed by atoms with van der Waals surface area (Å²) in [4.78, 5) is 51.1. The van der Waals surface area contributed by atoms with Crippen molar-refractivity contribution in [1.29, 1.82) is 0 Å². The second-order valence-corrected chi connectivity index (χ2v) is 10.6. The van der Waals surface area contributed by atoms with Crippen LogP contribution in [0.3, 0.4) is 0 Å². The van der Waals surface area contributed by atoms with Crippen LogP contribution in [0.1, 0.15) is 61.1 Å². The number of nitrogens with one attached hydrogen (secondary N) is 2. The number of amides is 1. The van der Waals surface area contributed by atoms with Crippen LogP contribution in [-0.2, 0) is 28.5 Å². The van der Waals surface area contributed by atoms with E-state index in [-0.39, 0.29) is 12.5 Å². The molecule has 196 valence electrons. The van der Waals surface area contributed by atoms with Crippen molar-refractivity contribution in [3.8, 4) is 0 Å². The minimum atomic E-state index is -0.954. The molecule has 12 nitrogen and oxygen atoms in total. The van der Waals surface area contributed by atoms with Crippen molar-refractivity contribution in [3.05, 3.63) is 33.1 Å². The van der Waals surface area contributed by atoms with E-state index < -0.39 is 65.3 Å². The molecule has 2 fully saturated rings. The van der Waals surface area contributed by atoms with Crippen molar-refractivity contribution in [1.82, 2.24) is 14.9 Å². The SMILES string of the molecule is CC(C)C[C@H](NC(=O)OC(C)(C)C)C(=O)OC[C@H]1O[C@@H](n2ccc(=O)[nH]c2=O)[C@@H]2OC(C)(C)O[C@@H]21. The average molecular weight is 498 g/mol. The summed E-state index contributed by atoms with van der Waals surface area (Å²) in [5.41, 5.74) is -1.92. The lowest BCUT2D eigenvalue weighted by atomic mass is 10.0. The number of carbonyl (C=O) groups excluding carboxylic acids is 2. The number of aromatic amines is 1. The van der Waals surface area contributed by atoms with Crippen LogP contribution in [0.25, 0.3) is 0 Å². The maximum absolute atomic E-state index is 12.9. The van der Waals surface area contributed by atoms with E-state index in [9.17, 15) is 19.2 Å². The van der Waals surface area contributed by atoms with Crippen molar-refractivity contribution in [2.75, 3.05) is 6.61 Å². The highest BCUT2D eigenvalue weighted by molar-refractivity contribution is 5.81. The predicted molar refractivity (Wildman–Crippen MR) is 123 cm³/mol. The summed E-state index contributed by atoms with van der Waals surface area (Å²) in [5.74, 6) is -1.50. The van der Waals surface area contributed by atoms with Crippen molar-refractivity contribution >= 4 is 12.1 Å². The number of alkyl carbamates (subject to hydrolysis) is 1. The highest BCUT2D eigenvalue weighted by atomic mass is 16.8. The van der Waals surface area contributed by atoms with Crippen molar-refractivity contribution in [2.45, 2.75) is 96.9 Å². The van der Waals surface area contributed by atoms with Gasteiger partial charge >= 0.3 is 17.8 Å². The standard InChI is InChI=1S/C23H35N3O9/c1-12(2)10-13(24-21(30)35-22(3,4)5)19(28)31-11-14-16-17(34-23(6,7)33-16)18(32-14)26-9-8-15(27)25-20(26)29/h8-9,12-14,16-18H,10-11H2,1-7H3,(H,24,30)(H,25,27,29)/t13-,14+,16+,17+,18+/m0/s1. The molecule has 1 aromatic heterocycles. The van der Waals surface area contributed by atoms with E-state index >= 15 is 0 Å². The van der Waals surface area contributed by atoms with Crippen LogP contribution < -0.4 is 16.6 Å². The maximum Gasteiger partial charge on any atom is 0.408 e. The topological polar surface area (TPSA) is 147 Å². The van der Waals surface area contributed by atoms with Crippen LogP contribution in [0.5, 0.6) is 0 Å². The molecule has 1 aromatic rings. The monoisotopic (exact) mass is 497 g/mol. The van der Waals surface area contributed by atoms with Crippen LogP contribution in [-0.4, -0.2) is 64.0 Å². The second-order valence-electron chi connectivity index (χ2n) is 10.6. The normalized spacial score (nSPS) is 26.3. The summed E-state index contributed by atoms with van der Waals surface area (Å²) < 4.78 is 29.9. The lowest BCUT2D eigenvalue weighted by Crippen LogP contribution is -2.46. The first-order valence-corrected chi connectivity index (χ1v) is 11.6. The van der Waals surface area contributed by atoms with Crippen LogP contribution in [0.4, 0.5) is 4.79 Å². The number of ether oxygens (including phenoxy) is 5. The molecule has 0 spiro atoms. The van der Waals surface area contributed by atoms with Gasteiger partial charge in [0, 0.05) is 12.3 Å². The largest absolute Gasteiger partial charge is 0.461 e. The van der Waals surface area contributed by atoms with Crippen LogP contribution in [0.15, 0.2) is 21.9 Å². The number of hydrogen-bond acceptors (Lipinski definition) is 9. The van der Waals surface area contributed by atoms with Crippen LogP contribution >= 0.6 is 0 Å². The van der Waals surface area contributed by atoms with Gasteiger partial charge in [0.25, 0.3) is 5.56 Å². The summed E-state index contributed by atoms with van der Waals surface area (Å²) in [6, 6.07) is 0.282. The first-order chi connectivity index (χ1) is 16.1. The van der Waals surface area contributed by atoms with Gasteiger partial charge in [0.15, 0.2) is 12.0 Å². The molecule has 0 unspecified atom stereocenters. The summed E-state index contributed by atoms with van der Waals surface area (Å²) in [7, 11) is 0. The molecular weight excluding hydrogens is 462 g/mol. The van der Waals surface area contributed by atoms with Gasteiger partial charge < -0.3 is 29.0 Å². The van der Waals surface area contributed by atoms with E-state index in [1.54, 1.807) is 34.6 Å². The molecule has 2 aliphatic heterocycles. The van der Waals surface area contributed by atoms with Gasteiger partial charge in [0.2, 0.25) is 0 Å². The third-order valence-electron chi connectivity index (χ3n) is 5.32. The summed E-state index contributed by atoms with van der Waals surface area (Å²) in [6.45, 7) is 12.3. The van der Waals surface area contributed by atoms with Gasteiger partial charge in [0.1, 0.15) is 36.6 Å². The number of rotatable bonds is 7. The van der Waals surface area contributed by atoms with Gasteiger partial charge in [-0.1, -0.05) is 13.8 Å². The van der Waals surface area contributed by atoms with E-state index in [1.807, 2.05) is 13.8 Å². The van der Waals surface area contributed by atoms with Gasteiger partial charge in [-0.25, -0.2) is 14.4 Å². The molecule has 2 saturated heterocycles. The Bertz CT molecular complexity index is 1040. The zero-order chi connectivity index (χ0) is 26.1. The van der Waals surface area contributed by atoms with Gasteiger partial charge in [0.05, 0.1) is 0 Å². The number of hydrogen-bond donors (Lipinski definition) is 2. The van der Waals surface area contributed by atoms with Gasteiger partial charge in [-0.2, -0.15) is 0 Å². The minimum Gasteiger partial charge on any atom is -0.461 e. The molecule has 35 heavy (non-hydrogen) atoms. The van der Waals surface area contributed by atoms with E-state index in [0.717, 1.165) is 0 Å². The van der Waals surface area contributed by atoms with E-state index in [0.29, 0.717) is 6.42 Å². The summed E-state index contributed by atoms with van der Waals surface area (Å²) in [5, 5.41) is 2.58. The molecule has 0 bridgehead atoms. The molecule has 5 atom stereocenters. The molecule has 2 N–H and O–H groups in total. The van der Waals surface area contributed by atoms with Gasteiger partial charge in [-0.15, -0.1) is 0 Å². The highest BCUT2D eigenvalue weighted by Crippen LogP contribution is 2.42.